The average Bonchev–Trinajstić information content (AvgIpc) is 2.28. The Bertz CT molecular complexity index is 369. The summed E-state index contributed by atoms with van der Waals surface area (Å²) >= 11 is 3.53. The Labute approximate surface area is 106 Å². The van der Waals surface area contributed by atoms with Crippen molar-refractivity contribution in [2.45, 2.75) is 32.7 Å². The van der Waals surface area contributed by atoms with Crippen molar-refractivity contribution in [1.29, 1.82) is 5.26 Å². The van der Waals surface area contributed by atoms with Crippen molar-refractivity contribution in [3.63, 3.8) is 0 Å². The van der Waals surface area contributed by atoms with Crippen LogP contribution in [0.5, 0.6) is 0 Å². The molecule has 0 aromatic heterocycles. The van der Waals surface area contributed by atoms with Gasteiger partial charge in [0.25, 0.3) is 0 Å². The molecule has 2 nitrogen and oxygen atoms in total. The summed E-state index contributed by atoms with van der Waals surface area (Å²) in [5, 5.41) is 11.8. The maximum Gasteiger partial charge on any atom is 0.0621 e. The minimum Gasteiger partial charge on any atom is -0.313 e. The van der Waals surface area contributed by atoms with E-state index in [1.54, 1.807) is 0 Å². The third-order valence-electron chi connectivity index (χ3n) is 2.46. The zero-order valence-electron chi connectivity index (χ0n) is 9.59. The van der Waals surface area contributed by atoms with Crippen molar-refractivity contribution in [1.82, 2.24) is 5.32 Å². The van der Waals surface area contributed by atoms with Crippen LogP contribution in [-0.2, 0) is 6.54 Å². The molecule has 0 spiro atoms. The van der Waals surface area contributed by atoms with E-state index in [4.69, 9.17) is 5.26 Å². The molecule has 0 heterocycles. The summed E-state index contributed by atoms with van der Waals surface area (Å²) in [6, 6.07) is 8.57. The van der Waals surface area contributed by atoms with E-state index < -0.39 is 0 Å². The predicted molar refractivity (Wildman–Crippen MR) is 70.0 cm³/mol. The van der Waals surface area contributed by atoms with Crippen LogP contribution in [0.25, 0.3) is 0 Å². The van der Waals surface area contributed by atoms with Crippen LogP contribution in [0.4, 0.5) is 0 Å². The van der Waals surface area contributed by atoms with Gasteiger partial charge in [-0.3, -0.25) is 0 Å². The van der Waals surface area contributed by atoms with E-state index >= 15 is 0 Å². The second-order valence-electron chi connectivity index (χ2n) is 3.88. The summed E-state index contributed by atoms with van der Waals surface area (Å²) in [4.78, 5) is 0. The smallest absolute Gasteiger partial charge is 0.0621 e. The molecule has 0 atom stereocenters. The van der Waals surface area contributed by atoms with Crippen LogP contribution in [0.2, 0.25) is 0 Å². The second-order valence-corrected chi connectivity index (χ2v) is 4.73. The van der Waals surface area contributed by atoms with Crippen LogP contribution in [0.15, 0.2) is 22.7 Å². The molecule has 3 heteroatoms. The molecule has 0 amide bonds. The minimum absolute atomic E-state index is 0.664. The van der Waals surface area contributed by atoms with Crippen molar-refractivity contribution in [2.24, 2.45) is 0 Å². The maximum atomic E-state index is 8.38. The summed E-state index contributed by atoms with van der Waals surface area (Å²) in [5.74, 6) is 0. The number of nitriles is 1. The highest BCUT2D eigenvalue weighted by atomic mass is 79.9. The van der Waals surface area contributed by atoms with Crippen LogP contribution < -0.4 is 5.32 Å². The molecule has 0 saturated carbocycles. The van der Waals surface area contributed by atoms with Gasteiger partial charge in [-0.15, -0.1) is 0 Å². The van der Waals surface area contributed by atoms with Gasteiger partial charge in [0.15, 0.2) is 0 Å². The molecule has 1 aromatic rings. The first-order chi connectivity index (χ1) is 7.74. The minimum atomic E-state index is 0.664. The predicted octanol–water partition coefficient (Wildman–Crippen LogP) is 3.54. The van der Waals surface area contributed by atoms with Crippen molar-refractivity contribution < 1.29 is 0 Å². The Morgan fingerprint density at radius 1 is 1.38 bits per heavy atom. The molecular weight excluding hydrogens is 264 g/mol. The largest absolute Gasteiger partial charge is 0.313 e. The molecule has 0 fully saturated rings. The average molecular weight is 281 g/mol. The molecule has 1 aromatic carbocycles. The SMILES string of the molecule is Cc1ccc(CNCCCCC#N)cc1Br. The number of hydrogen-bond acceptors (Lipinski definition) is 2. The van der Waals surface area contributed by atoms with Gasteiger partial charge in [-0.25, -0.2) is 0 Å². The van der Waals surface area contributed by atoms with E-state index in [-0.39, 0.29) is 0 Å². The number of aryl methyl sites for hydroxylation is 1. The fourth-order valence-electron chi connectivity index (χ4n) is 1.43. The lowest BCUT2D eigenvalue weighted by molar-refractivity contribution is 0.628. The Hall–Kier alpha value is -0.850. The number of nitrogens with one attached hydrogen (secondary N) is 1. The topological polar surface area (TPSA) is 35.8 Å². The van der Waals surface area contributed by atoms with Crippen LogP contribution >= 0.6 is 15.9 Å². The van der Waals surface area contributed by atoms with Crippen LogP contribution in [-0.4, -0.2) is 6.54 Å². The Balaban J connectivity index is 2.22. The van der Waals surface area contributed by atoms with E-state index in [1.807, 2.05) is 0 Å². The fourth-order valence-corrected chi connectivity index (χ4v) is 1.86. The first-order valence-corrected chi connectivity index (χ1v) is 6.36. The molecule has 0 aliphatic carbocycles. The summed E-state index contributed by atoms with van der Waals surface area (Å²) in [6.45, 7) is 3.96. The van der Waals surface area contributed by atoms with Crippen molar-refractivity contribution in [3.8, 4) is 6.07 Å². The highest BCUT2D eigenvalue weighted by Crippen LogP contribution is 2.17. The zero-order valence-corrected chi connectivity index (χ0v) is 11.2. The first-order valence-electron chi connectivity index (χ1n) is 5.56. The number of rotatable bonds is 6. The van der Waals surface area contributed by atoms with E-state index in [1.165, 1.54) is 11.1 Å². The van der Waals surface area contributed by atoms with E-state index in [0.29, 0.717) is 6.42 Å². The lowest BCUT2D eigenvalue weighted by atomic mass is 10.1. The van der Waals surface area contributed by atoms with Gasteiger partial charge in [0, 0.05) is 17.4 Å². The van der Waals surface area contributed by atoms with E-state index in [0.717, 1.165) is 30.4 Å². The Kier molecular flexibility index (Phi) is 6.14. The number of unbranched alkanes of at least 4 members (excludes halogenated alkanes) is 2. The molecule has 0 unspecified atom stereocenters. The van der Waals surface area contributed by atoms with Crippen molar-refractivity contribution >= 4 is 15.9 Å². The number of halogens is 1. The molecule has 0 saturated heterocycles. The molecule has 86 valence electrons. The van der Waals surface area contributed by atoms with Crippen molar-refractivity contribution in [2.75, 3.05) is 6.54 Å². The zero-order chi connectivity index (χ0) is 11.8. The molecule has 0 aliphatic rings. The lowest BCUT2D eigenvalue weighted by Crippen LogP contribution is -2.14. The molecule has 0 aliphatic heterocycles. The highest BCUT2D eigenvalue weighted by molar-refractivity contribution is 9.10. The van der Waals surface area contributed by atoms with Gasteiger partial charge in [0.1, 0.15) is 0 Å². The normalized spacial score (nSPS) is 10.1. The first kappa shape index (κ1) is 13.2. The van der Waals surface area contributed by atoms with Crippen LogP contribution in [0.3, 0.4) is 0 Å². The van der Waals surface area contributed by atoms with Gasteiger partial charge in [-0.2, -0.15) is 5.26 Å². The van der Waals surface area contributed by atoms with Gasteiger partial charge in [-0.05, 0) is 43.5 Å². The molecule has 1 rings (SSSR count). The van der Waals surface area contributed by atoms with Gasteiger partial charge >= 0.3 is 0 Å². The molecule has 0 bridgehead atoms. The van der Waals surface area contributed by atoms with Crippen LogP contribution in [0.1, 0.15) is 30.4 Å². The monoisotopic (exact) mass is 280 g/mol. The highest BCUT2D eigenvalue weighted by Gasteiger charge is 1.97. The number of hydrogen-bond donors (Lipinski definition) is 1. The molecular formula is C13H17BrN2. The fraction of sp³-hybridized carbons (Fsp3) is 0.462. The third kappa shape index (κ3) is 4.78. The van der Waals surface area contributed by atoms with Crippen LogP contribution in [0, 0.1) is 18.3 Å². The molecule has 1 N–H and O–H groups in total. The Morgan fingerprint density at radius 3 is 2.88 bits per heavy atom. The van der Waals surface area contributed by atoms with Gasteiger partial charge in [-0.1, -0.05) is 28.1 Å². The number of benzene rings is 1. The van der Waals surface area contributed by atoms with Gasteiger partial charge < -0.3 is 5.32 Å². The van der Waals surface area contributed by atoms with E-state index in [2.05, 4.69) is 52.4 Å². The Morgan fingerprint density at radius 2 is 2.19 bits per heavy atom. The standard InChI is InChI=1S/C13H17BrN2/c1-11-5-6-12(9-13(11)14)10-16-8-4-2-3-7-15/h5-6,9,16H,2-4,8,10H2,1H3. The second kappa shape index (κ2) is 7.43. The summed E-state index contributed by atoms with van der Waals surface area (Å²) in [6.07, 6.45) is 2.72. The van der Waals surface area contributed by atoms with E-state index in [9.17, 15) is 0 Å². The van der Waals surface area contributed by atoms with Gasteiger partial charge in [0.05, 0.1) is 6.07 Å². The maximum absolute atomic E-state index is 8.38. The number of nitrogens with zero attached hydrogens (tertiary/aromatic N) is 1. The van der Waals surface area contributed by atoms with Crippen molar-refractivity contribution in [3.05, 3.63) is 33.8 Å². The summed E-state index contributed by atoms with van der Waals surface area (Å²) in [5.41, 5.74) is 2.55. The van der Waals surface area contributed by atoms with Gasteiger partial charge in [0.2, 0.25) is 0 Å². The summed E-state index contributed by atoms with van der Waals surface area (Å²) in [7, 11) is 0. The lowest BCUT2D eigenvalue weighted by Gasteiger charge is -2.06. The summed E-state index contributed by atoms with van der Waals surface area (Å²) < 4.78 is 1.16. The quantitative estimate of drug-likeness (QED) is 0.809. The molecule has 16 heavy (non-hydrogen) atoms. The third-order valence-corrected chi connectivity index (χ3v) is 3.31. The molecule has 0 radical (unpaired) electrons.